The topological polar surface area (TPSA) is 48.3 Å². The van der Waals surface area contributed by atoms with E-state index < -0.39 is 0 Å². The number of fused-ring (bicyclic) bond motifs is 1. The van der Waals surface area contributed by atoms with E-state index in [2.05, 4.69) is 10.4 Å². The van der Waals surface area contributed by atoms with Gasteiger partial charge in [-0.15, -0.1) is 12.4 Å². The van der Waals surface area contributed by atoms with Gasteiger partial charge in [-0.2, -0.15) is 5.10 Å². The number of methoxy groups -OCH3 is 2. The van der Waals surface area contributed by atoms with E-state index in [4.69, 9.17) is 9.47 Å². The first-order valence-electron chi connectivity index (χ1n) is 7.67. The molecule has 0 fully saturated rings. The lowest BCUT2D eigenvalue weighted by Gasteiger charge is -2.24. The van der Waals surface area contributed by atoms with Gasteiger partial charge in [0.2, 0.25) is 0 Å². The molecule has 1 aliphatic rings. The first-order chi connectivity index (χ1) is 10.7. The number of nitrogens with zero attached hydrogens (tertiary/aromatic N) is 2. The smallest absolute Gasteiger partial charge is 0.122 e. The van der Waals surface area contributed by atoms with Crippen molar-refractivity contribution in [1.29, 1.82) is 0 Å². The lowest BCUT2D eigenvalue weighted by Crippen LogP contribution is -2.25. The molecule has 0 saturated carbocycles. The summed E-state index contributed by atoms with van der Waals surface area (Å²) in [6.07, 6.45) is 5.47. The van der Waals surface area contributed by atoms with Crippen LogP contribution in [0.1, 0.15) is 35.7 Å². The number of benzene rings is 1. The lowest BCUT2D eigenvalue weighted by atomic mass is 9.93. The Morgan fingerprint density at radius 2 is 1.91 bits per heavy atom. The summed E-state index contributed by atoms with van der Waals surface area (Å²) in [5.41, 5.74) is 3.85. The summed E-state index contributed by atoms with van der Waals surface area (Å²) < 4.78 is 12.7. The van der Waals surface area contributed by atoms with Crippen molar-refractivity contribution in [1.82, 2.24) is 15.1 Å². The van der Waals surface area contributed by atoms with Gasteiger partial charge >= 0.3 is 0 Å². The third kappa shape index (κ3) is 3.79. The van der Waals surface area contributed by atoms with Crippen LogP contribution in [0.15, 0.2) is 24.4 Å². The lowest BCUT2D eigenvalue weighted by molar-refractivity contribution is 0.392. The second-order valence-electron chi connectivity index (χ2n) is 5.72. The molecule has 1 aromatic carbocycles. The van der Waals surface area contributed by atoms with Crippen LogP contribution >= 0.6 is 12.4 Å². The molecule has 0 bridgehead atoms. The van der Waals surface area contributed by atoms with Crippen molar-refractivity contribution in [2.75, 3.05) is 14.2 Å². The quantitative estimate of drug-likeness (QED) is 0.911. The molecule has 126 valence electrons. The van der Waals surface area contributed by atoms with Crippen molar-refractivity contribution < 1.29 is 9.47 Å². The largest absolute Gasteiger partial charge is 0.497 e. The molecule has 1 atom stereocenters. The molecule has 0 amide bonds. The maximum Gasteiger partial charge on any atom is 0.122 e. The molecule has 5 nitrogen and oxygen atoms in total. The number of nitrogens with one attached hydrogen (secondary N) is 1. The summed E-state index contributed by atoms with van der Waals surface area (Å²) in [5, 5.41) is 8.04. The zero-order valence-electron chi connectivity index (χ0n) is 13.8. The highest BCUT2D eigenvalue weighted by atomic mass is 35.5. The maximum absolute atomic E-state index is 5.33. The van der Waals surface area contributed by atoms with Gasteiger partial charge in [-0.05, 0) is 37.0 Å². The minimum absolute atomic E-state index is 0. The van der Waals surface area contributed by atoms with Gasteiger partial charge in [0.05, 0.1) is 20.4 Å². The van der Waals surface area contributed by atoms with Gasteiger partial charge in [0.1, 0.15) is 11.5 Å². The summed E-state index contributed by atoms with van der Waals surface area (Å²) >= 11 is 0. The second-order valence-corrected chi connectivity index (χ2v) is 5.72. The molecule has 0 aliphatic heterocycles. The summed E-state index contributed by atoms with van der Waals surface area (Å²) in [6.45, 7) is 0.784. The van der Waals surface area contributed by atoms with Gasteiger partial charge in [-0.3, -0.25) is 4.68 Å². The Morgan fingerprint density at radius 1 is 1.22 bits per heavy atom. The molecule has 0 spiro atoms. The molecule has 3 rings (SSSR count). The molecule has 0 saturated heterocycles. The number of aromatic nitrogens is 2. The first-order valence-corrected chi connectivity index (χ1v) is 7.67. The van der Waals surface area contributed by atoms with Crippen LogP contribution in [0.4, 0.5) is 0 Å². The number of hydrogen-bond acceptors (Lipinski definition) is 4. The standard InChI is InChI=1S/C17H23N3O2.ClH/c1-20-17-6-4-5-16(15(17)11-19-20)18-10-12-7-13(21-2)9-14(8-12)22-3;/h7-9,11,16,18H,4-6,10H2,1-3H3;1H. The molecule has 2 aromatic rings. The van der Waals surface area contributed by atoms with Gasteiger partial charge < -0.3 is 14.8 Å². The normalized spacial score (nSPS) is 16.4. The average molecular weight is 338 g/mol. The minimum atomic E-state index is 0. The van der Waals surface area contributed by atoms with Gasteiger partial charge in [0, 0.05) is 37.0 Å². The van der Waals surface area contributed by atoms with Crippen LogP contribution in [0.5, 0.6) is 11.5 Å². The van der Waals surface area contributed by atoms with Crippen LogP contribution in [0, 0.1) is 0 Å². The fraction of sp³-hybridized carbons (Fsp3) is 0.471. The van der Waals surface area contributed by atoms with Crippen LogP contribution < -0.4 is 14.8 Å². The number of rotatable bonds is 5. The van der Waals surface area contributed by atoms with Crippen LogP contribution in [-0.4, -0.2) is 24.0 Å². The molecule has 1 N–H and O–H groups in total. The predicted molar refractivity (Wildman–Crippen MR) is 92.5 cm³/mol. The molecule has 1 unspecified atom stereocenters. The van der Waals surface area contributed by atoms with Crippen molar-refractivity contribution >= 4 is 12.4 Å². The Balaban J connectivity index is 0.00000192. The van der Waals surface area contributed by atoms with Crippen molar-refractivity contribution in [3.8, 4) is 11.5 Å². The second kappa shape index (κ2) is 7.70. The van der Waals surface area contributed by atoms with Gasteiger partial charge in [-0.1, -0.05) is 0 Å². The molecule has 1 aliphatic carbocycles. The fourth-order valence-corrected chi connectivity index (χ4v) is 3.13. The zero-order chi connectivity index (χ0) is 15.5. The van der Waals surface area contributed by atoms with Crippen molar-refractivity contribution in [3.63, 3.8) is 0 Å². The third-order valence-corrected chi connectivity index (χ3v) is 4.34. The molecular formula is C17H24ClN3O2. The number of aryl methyl sites for hydroxylation is 1. The Bertz CT molecular complexity index is 635. The van der Waals surface area contributed by atoms with E-state index in [0.29, 0.717) is 6.04 Å². The Hall–Kier alpha value is -1.72. The molecular weight excluding hydrogens is 314 g/mol. The fourth-order valence-electron chi connectivity index (χ4n) is 3.13. The summed E-state index contributed by atoms with van der Waals surface area (Å²) in [5.74, 6) is 1.64. The molecule has 1 heterocycles. The Labute approximate surface area is 143 Å². The highest BCUT2D eigenvalue weighted by Gasteiger charge is 2.22. The van der Waals surface area contributed by atoms with Crippen LogP contribution in [0.2, 0.25) is 0 Å². The molecule has 23 heavy (non-hydrogen) atoms. The third-order valence-electron chi connectivity index (χ3n) is 4.34. The van der Waals surface area contributed by atoms with Crippen molar-refractivity contribution in [2.45, 2.75) is 31.8 Å². The van der Waals surface area contributed by atoms with E-state index in [1.165, 1.54) is 17.7 Å². The van der Waals surface area contributed by atoms with E-state index in [1.807, 2.05) is 36.1 Å². The van der Waals surface area contributed by atoms with E-state index in [-0.39, 0.29) is 12.4 Å². The Kier molecular flexibility index (Phi) is 5.91. The van der Waals surface area contributed by atoms with Crippen molar-refractivity contribution in [3.05, 3.63) is 41.2 Å². The van der Waals surface area contributed by atoms with Crippen LogP contribution in [0.25, 0.3) is 0 Å². The monoisotopic (exact) mass is 337 g/mol. The van der Waals surface area contributed by atoms with Gasteiger partial charge in [0.15, 0.2) is 0 Å². The van der Waals surface area contributed by atoms with E-state index in [0.717, 1.165) is 36.4 Å². The number of hydrogen-bond donors (Lipinski definition) is 1. The zero-order valence-corrected chi connectivity index (χ0v) is 14.7. The van der Waals surface area contributed by atoms with Crippen molar-refractivity contribution in [2.24, 2.45) is 7.05 Å². The van der Waals surface area contributed by atoms with Gasteiger partial charge in [0.25, 0.3) is 0 Å². The maximum atomic E-state index is 5.33. The predicted octanol–water partition coefficient (Wildman–Crippen LogP) is 3.03. The summed E-state index contributed by atoms with van der Waals surface area (Å²) in [6, 6.07) is 6.35. The number of halogens is 1. The highest BCUT2D eigenvalue weighted by Crippen LogP contribution is 2.30. The molecule has 1 aromatic heterocycles. The van der Waals surface area contributed by atoms with E-state index in [9.17, 15) is 0 Å². The summed E-state index contributed by atoms with van der Waals surface area (Å²) in [4.78, 5) is 0. The van der Waals surface area contributed by atoms with E-state index >= 15 is 0 Å². The van der Waals surface area contributed by atoms with E-state index in [1.54, 1.807) is 14.2 Å². The van der Waals surface area contributed by atoms with Gasteiger partial charge in [-0.25, -0.2) is 0 Å². The minimum Gasteiger partial charge on any atom is -0.497 e. The SMILES string of the molecule is COc1cc(CNC2CCCc3c2cnn3C)cc(OC)c1.Cl. The average Bonchev–Trinajstić information content (AvgIpc) is 2.94. The molecule has 6 heteroatoms. The van der Waals surface area contributed by atoms with Crippen LogP contribution in [0.3, 0.4) is 0 Å². The molecule has 0 radical (unpaired) electrons. The highest BCUT2D eigenvalue weighted by molar-refractivity contribution is 5.85. The Morgan fingerprint density at radius 3 is 2.57 bits per heavy atom. The van der Waals surface area contributed by atoms with Crippen LogP contribution in [-0.2, 0) is 20.0 Å². The number of ether oxygens (including phenoxy) is 2. The first kappa shape index (κ1) is 17.6. The summed E-state index contributed by atoms with van der Waals surface area (Å²) in [7, 11) is 5.37.